The third-order valence-electron chi connectivity index (χ3n) is 5.54. The van der Waals surface area contributed by atoms with Crippen LogP contribution in [0.25, 0.3) is 0 Å². The van der Waals surface area contributed by atoms with Crippen LogP contribution in [0, 0.1) is 11.8 Å². The van der Waals surface area contributed by atoms with Gasteiger partial charge in [-0.15, -0.1) is 0 Å². The minimum atomic E-state index is 0.0407. The quantitative estimate of drug-likeness (QED) is 0.871. The topological polar surface area (TPSA) is 55.6 Å². The van der Waals surface area contributed by atoms with E-state index in [1.807, 2.05) is 47.4 Å². The van der Waals surface area contributed by atoms with Crippen LogP contribution in [0.1, 0.15) is 28.8 Å². The number of ether oxygens (including phenoxy) is 1. The van der Waals surface area contributed by atoms with E-state index in [9.17, 15) is 4.79 Å². The minimum absolute atomic E-state index is 0.0407. The molecule has 1 aliphatic carbocycles. The van der Waals surface area contributed by atoms with E-state index in [-0.39, 0.29) is 11.9 Å². The van der Waals surface area contributed by atoms with E-state index in [4.69, 9.17) is 10.5 Å². The van der Waals surface area contributed by atoms with Gasteiger partial charge in [0.25, 0.3) is 5.91 Å². The molecule has 1 heterocycles. The molecule has 1 saturated carbocycles. The van der Waals surface area contributed by atoms with Crippen LogP contribution >= 0.6 is 0 Å². The van der Waals surface area contributed by atoms with Crippen molar-refractivity contribution in [1.29, 1.82) is 0 Å². The minimum Gasteiger partial charge on any atom is -0.492 e. The van der Waals surface area contributed by atoms with Gasteiger partial charge in [-0.2, -0.15) is 0 Å². The van der Waals surface area contributed by atoms with Gasteiger partial charge < -0.3 is 15.4 Å². The maximum absolute atomic E-state index is 13.0. The first kappa shape index (κ1) is 17.1. The highest BCUT2D eigenvalue weighted by atomic mass is 16.5. The lowest BCUT2D eigenvalue weighted by molar-refractivity contribution is 0.0780. The summed E-state index contributed by atoms with van der Waals surface area (Å²) in [6.45, 7) is 1.99. The Hall–Kier alpha value is -2.33. The second kappa shape index (κ2) is 7.50. The highest BCUT2D eigenvalue weighted by Crippen LogP contribution is 2.41. The lowest BCUT2D eigenvalue weighted by atomic mass is 9.99. The Morgan fingerprint density at radius 3 is 2.54 bits per heavy atom. The van der Waals surface area contributed by atoms with Crippen LogP contribution in [0.5, 0.6) is 5.75 Å². The Labute approximate surface area is 155 Å². The van der Waals surface area contributed by atoms with Crippen LogP contribution in [-0.4, -0.2) is 36.5 Å². The third kappa shape index (κ3) is 3.75. The fourth-order valence-electron chi connectivity index (χ4n) is 3.91. The van der Waals surface area contributed by atoms with Crippen LogP contribution < -0.4 is 10.5 Å². The van der Waals surface area contributed by atoms with Crippen molar-refractivity contribution in [3.63, 3.8) is 0 Å². The van der Waals surface area contributed by atoms with Crippen molar-refractivity contribution in [2.75, 3.05) is 19.7 Å². The van der Waals surface area contributed by atoms with Crippen LogP contribution in [0.2, 0.25) is 0 Å². The van der Waals surface area contributed by atoms with Crippen molar-refractivity contribution in [3.05, 3.63) is 65.7 Å². The first-order valence-corrected chi connectivity index (χ1v) is 9.53. The Morgan fingerprint density at radius 1 is 1.04 bits per heavy atom. The predicted octanol–water partition coefficient (Wildman–Crippen LogP) is 3.12. The number of likely N-dealkylation sites (tertiary alicyclic amines) is 1. The van der Waals surface area contributed by atoms with Gasteiger partial charge >= 0.3 is 0 Å². The first-order chi connectivity index (χ1) is 12.7. The first-order valence-electron chi connectivity index (χ1n) is 9.53. The molecule has 1 saturated heterocycles. The smallest absolute Gasteiger partial charge is 0.257 e. The number of amides is 1. The Morgan fingerprint density at radius 2 is 1.77 bits per heavy atom. The van der Waals surface area contributed by atoms with E-state index < -0.39 is 0 Å². The van der Waals surface area contributed by atoms with E-state index in [1.54, 1.807) is 0 Å². The van der Waals surface area contributed by atoms with Gasteiger partial charge in [-0.05, 0) is 42.4 Å². The van der Waals surface area contributed by atoms with E-state index in [0.29, 0.717) is 30.4 Å². The van der Waals surface area contributed by atoms with Gasteiger partial charge in [-0.3, -0.25) is 4.79 Å². The van der Waals surface area contributed by atoms with Gasteiger partial charge in [0.1, 0.15) is 5.75 Å². The van der Waals surface area contributed by atoms with E-state index in [1.165, 1.54) is 18.4 Å². The van der Waals surface area contributed by atoms with E-state index in [0.717, 1.165) is 18.9 Å². The number of para-hydroxylation sites is 1. The van der Waals surface area contributed by atoms with Crippen molar-refractivity contribution < 1.29 is 9.53 Å². The summed E-state index contributed by atoms with van der Waals surface area (Å²) in [4.78, 5) is 14.9. The summed E-state index contributed by atoms with van der Waals surface area (Å²) in [5.41, 5.74) is 8.16. The molecule has 4 rings (SSSR count). The summed E-state index contributed by atoms with van der Waals surface area (Å²) in [5, 5.41) is 0. The lowest BCUT2D eigenvalue weighted by Crippen LogP contribution is -2.32. The lowest BCUT2D eigenvalue weighted by Gasteiger charge is -2.18. The molecule has 2 fully saturated rings. The van der Waals surface area contributed by atoms with Gasteiger partial charge in [0, 0.05) is 25.6 Å². The molecule has 2 aliphatic rings. The summed E-state index contributed by atoms with van der Waals surface area (Å²) >= 11 is 0. The zero-order valence-corrected chi connectivity index (χ0v) is 15.0. The second-order valence-electron chi connectivity index (χ2n) is 7.46. The zero-order chi connectivity index (χ0) is 17.9. The molecular formula is C22H26N2O2. The number of nitrogens with two attached hydrogens (primary N) is 1. The summed E-state index contributed by atoms with van der Waals surface area (Å²) in [6, 6.07) is 17.9. The molecule has 0 aromatic heterocycles. The molecule has 4 heteroatoms. The van der Waals surface area contributed by atoms with Gasteiger partial charge in [-0.25, -0.2) is 0 Å². The normalized spacial score (nSPS) is 22.4. The van der Waals surface area contributed by atoms with Crippen LogP contribution in [0.3, 0.4) is 0 Å². The molecule has 0 radical (unpaired) electrons. The summed E-state index contributed by atoms with van der Waals surface area (Å²) in [7, 11) is 0. The monoisotopic (exact) mass is 350 g/mol. The van der Waals surface area contributed by atoms with Gasteiger partial charge in [-0.1, -0.05) is 42.5 Å². The average molecular weight is 350 g/mol. The van der Waals surface area contributed by atoms with Gasteiger partial charge in [0.15, 0.2) is 0 Å². The number of benzene rings is 2. The van der Waals surface area contributed by atoms with Crippen LogP contribution in [0.4, 0.5) is 0 Å². The van der Waals surface area contributed by atoms with E-state index in [2.05, 4.69) is 12.1 Å². The number of hydrogen-bond acceptors (Lipinski definition) is 3. The van der Waals surface area contributed by atoms with Gasteiger partial charge in [0.05, 0.1) is 12.2 Å². The molecule has 0 unspecified atom stereocenters. The van der Waals surface area contributed by atoms with Crippen molar-refractivity contribution >= 4 is 5.91 Å². The highest BCUT2D eigenvalue weighted by Gasteiger charge is 2.42. The Balaban J connectivity index is 1.41. The fraction of sp³-hybridized carbons (Fsp3) is 0.409. The van der Waals surface area contributed by atoms with Crippen molar-refractivity contribution in [2.24, 2.45) is 17.6 Å². The number of carbonyl (C=O) groups is 1. The molecule has 0 spiro atoms. The average Bonchev–Trinajstić information content (AvgIpc) is 3.44. The molecule has 1 aliphatic heterocycles. The Kier molecular flexibility index (Phi) is 4.93. The number of carbonyl (C=O) groups excluding carboxylic acids is 1. The number of hydrogen-bond donors (Lipinski definition) is 1. The van der Waals surface area contributed by atoms with Crippen LogP contribution in [-0.2, 0) is 6.42 Å². The molecule has 2 N–H and O–H groups in total. The SMILES string of the molecule is N[C@H]1CN(C(=O)c2ccccc2OCCc2ccccc2)C[C@@H]1C1CC1. The summed E-state index contributed by atoms with van der Waals surface area (Å²) in [6.07, 6.45) is 3.35. The molecular weight excluding hydrogens is 324 g/mol. The predicted molar refractivity (Wildman–Crippen MR) is 102 cm³/mol. The molecule has 4 nitrogen and oxygen atoms in total. The zero-order valence-electron chi connectivity index (χ0n) is 15.0. The Bertz CT molecular complexity index is 758. The van der Waals surface area contributed by atoms with Crippen molar-refractivity contribution in [3.8, 4) is 5.75 Å². The molecule has 2 atom stereocenters. The molecule has 1 amide bonds. The largest absolute Gasteiger partial charge is 0.492 e. The van der Waals surface area contributed by atoms with Crippen LogP contribution in [0.15, 0.2) is 54.6 Å². The molecule has 2 aromatic rings. The third-order valence-corrected chi connectivity index (χ3v) is 5.54. The van der Waals surface area contributed by atoms with Crippen molar-refractivity contribution in [1.82, 2.24) is 4.90 Å². The maximum atomic E-state index is 13.0. The second-order valence-corrected chi connectivity index (χ2v) is 7.46. The van der Waals surface area contributed by atoms with Crippen molar-refractivity contribution in [2.45, 2.75) is 25.3 Å². The standard InChI is InChI=1S/C22H26N2O2/c23-20-15-24(14-19(20)17-10-11-17)22(25)18-8-4-5-9-21(18)26-13-12-16-6-2-1-3-7-16/h1-9,17,19-20H,10-15,23H2/t19-,20+/m1/s1. The highest BCUT2D eigenvalue weighted by molar-refractivity contribution is 5.97. The fourth-order valence-corrected chi connectivity index (χ4v) is 3.91. The number of rotatable bonds is 6. The summed E-state index contributed by atoms with van der Waals surface area (Å²) in [5.74, 6) is 1.89. The maximum Gasteiger partial charge on any atom is 0.257 e. The molecule has 136 valence electrons. The number of nitrogens with zero attached hydrogens (tertiary/aromatic N) is 1. The van der Waals surface area contributed by atoms with Gasteiger partial charge in [0.2, 0.25) is 0 Å². The molecule has 2 aromatic carbocycles. The van der Waals surface area contributed by atoms with E-state index >= 15 is 0 Å². The summed E-state index contributed by atoms with van der Waals surface area (Å²) < 4.78 is 5.96. The molecule has 0 bridgehead atoms. The molecule has 26 heavy (non-hydrogen) atoms.